The highest BCUT2D eigenvalue weighted by molar-refractivity contribution is 5.81. The molecule has 0 bridgehead atoms. The average molecular weight is 537 g/mol. The first-order valence-corrected chi connectivity index (χ1v) is 11.7. The first kappa shape index (κ1) is 30.1. The van der Waals surface area contributed by atoms with Gasteiger partial charge in [0.25, 0.3) is 5.56 Å². The Morgan fingerprint density at radius 1 is 1.16 bits per heavy atom. The Kier molecular flexibility index (Phi) is 10.5. The minimum atomic E-state index is -4.78. The van der Waals surface area contributed by atoms with Crippen LogP contribution in [0.1, 0.15) is 44.2 Å². The summed E-state index contributed by atoms with van der Waals surface area (Å²) in [6.07, 6.45) is -4.10. The normalized spacial score (nSPS) is 17.0. The van der Waals surface area contributed by atoms with Crippen molar-refractivity contribution < 1.29 is 35.9 Å². The number of carbonyl (C=O) groups is 1. The lowest BCUT2D eigenvalue weighted by Crippen LogP contribution is -2.49. The number of nitrogens with one attached hydrogen (secondary N) is 1. The number of piperazine rings is 1. The number of aromatic amines is 1. The maximum absolute atomic E-state index is 13.0. The van der Waals surface area contributed by atoms with E-state index in [9.17, 15) is 35.9 Å². The molecule has 1 saturated heterocycles. The molecule has 1 N–H and O–H groups in total. The molecule has 0 saturated carbocycles. The van der Waals surface area contributed by atoms with Crippen LogP contribution >= 0.6 is 0 Å². The average Bonchev–Trinajstić information content (AvgIpc) is 2.82. The SMILES string of the molecule is C\C=C(/C=N\C(=C\CC)N1CCN(C(=O)COCC(C)c2c[nH]c(=O)c(C(F)(F)F)c2)CC1)C(F)(F)F. The first-order valence-electron chi connectivity index (χ1n) is 11.7. The van der Waals surface area contributed by atoms with E-state index in [1.54, 1.807) is 22.8 Å². The van der Waals surface area contributed by atoms with Crippen LogP contribution < -0.4 is 5.56 Å². The molecular weight excluding hydrogens is 506 g/mol. The minimum absolute atomic E-state index is 0.0420. The van der Waals surface area contributed by atoms with Gasteiger partial charge in [0.05, 0.1) is 12.2 Å². The van der Waals surface area contributed by atoms with Crippen molar-refractivity contribution in [3.8, 4) is 0 Å². The fourth-order valence-electron chi connectivity index (χ4n) is 3.58. The topological polar surface area (TPSA) is 78.0 Å². The Morgan fingerprint density at radius 2 is 1.78 bits per heavy atom. The van der Waals surface area contributed by atoms with Gasteiger partial charge in [-0.25, -0.2) is 4.99 Å². The van der Waals surface area contributed by atoms with Gasteiger partial charge in [-0.3, -0.25) is 9.59 Å². The highest BCUT2D eigenvalue weighted by Gasteiger charge is 2.34. The highest BCUT2D eigenvalue weighted by atomic mass is 19.4. The third-order valence-electron chi connectivity index (χ3n) is 5.71. The van der Waals surface area contributed by atoms with E-state index in [2.05, 4.69) is 9.98 Å². The fraction of sp³-hybridized carbons (Fsp3) is 0.542. The van der Waals surface area contributed by atoms with Crippen LogP contribution in [0.15, 0.2) is 45.6 Å². The van der Waals surface area contributed by atoms with Crippen LogP contribution in [-0.2, 0) is 15.7 Å². The zero-order valence-electron chi connectivity index (χ0n) is 20.7. The molecule has 206 valence electrons. The molecule has 1 unspecified atom stereocenters. The molecule has 2 heterocycles. The minimum Gasteiger partial charge on any atom is -0.371 e. The number of hydrogen-bond donors (Lipinski definition) is 1. The van der Waals surface area contributed by atoms with E-state index in [0.717, 1.165) is 18.4 Å². The van der Waals surface area contributed by atoms with Crippen LogP contribution in [0.25, 0.3) is 0 Å². The van der Waals surface area contributed by atoms with Crippen molar-refractivity contribution in [1.29, 1.82) is 0 Å². The van der Waals surface area contributed by atoms with Crippen molar-refractivity contribution in [2.45, 2.75) is 45.5 Å². The van der Waals surface area contributed by atoms with Gasteiger partial charge in [0, 0.05) is 44.5 Å². The van der Waals surface area contributed by atoms with Crippen molar-refractivity contribution >= 4 is 12.1 Å². The van der Waals surface area contributed by atoms with Crippen molar-refractivity contribution in [2.75, 3.05) is 39.4 Å². The van der Waals surface area contributed by atoms with Crippen molar-refractivity contribution in [3.05, 3.63) is 57.3 Å². The number of pyridine rings is 1. The van der Waals surface area contributed by atoms with E-state index >= 15 is 0 Å². The molecule has 0 radical (unpaired) electrons. The number of nitrogens with zero attached hydrogens (tertiary/aromatic N) is 3. The molecule has 1 atom stereocenters. The maximum atomic E-state index is 13.0. The number of H-pyrrole nitrogens is 1. The van der Waals surface area contributed by atoms with Gasteiger partial charge in [-0.05, 0) is 31.1 Å². The van der Waals surface area contributed by atoms with E-state index in [0.29, 0.717) is 38.4 Å². The van der Waals surface area contributed by atoms with Gasteiger partial charge in [-0.2, -0.15) is 26.3 Å². The Labute approximate surface area is 210 Å². The first-order chi connectivity index (χ1) is 17.3. The number of amides is 1. The van der Waals surface area contributed by atoms with Crippen LogP contribution in [0.2, 0.25) is 0 Å². The summed E-state index contributed by atoms with van der Waals surface area (Å²) in [5.41, 5.74) is -3.17. The summed E-state index contributed by atoms with van der Waals surface area (Å²) in [7, 11) is 0. The second kappa shape index (κ2) is 12.9. The molecule has 1 aromatic rings. The summed E-state index contributed by atoms with van der Waals surface area (Å²) in [4.78, 5) is 33.4. The summed E-state index contributed by atoms with van der Waals surface area (Å²) in [6.45, 7) is 5.73. The number of ether oxygens (including phenoxy) is 1. The molecule has 13 heteroatoms. The smallest absolute Gasteiger partial charge is 0.371 e. The third-order valence-corrected chi connectivity index (χ3v) is 5.71. The summed E-state index contributed by atoms with van der Waals surface area (Å²) in [6, 6.07) is 0.770. The molecule has 1 aliphatic heterocycles. The number of allylic oxidation sites excluding steroid dienone is 3. The lowest BCUT2D eigenvalue weighted by Gasteiger charge is -2.36. The molecule has 1 aliphatic rings. The number of halogens is 6. The van der Waals surface area contributed by atoms with Gasteiger partial charge in [-0.1, -0.05) is 19.9 Å². The number of aliphatic imine (C=N–C) groups is 1. The van der Waals surface area contributed by atoms with E-state index in [1.807, 2.05) is 6.92 Å². The number of hydrogen-bond acceptors (Lipinski definition) is 5. The number of alkyl halides is 6. The summed E-state index contributed by atoms with van der Waals surface area (Å²) >= 11 is 0. The molecule has 2 rings (SSSR count). The van der Waals surface area contributed by atoms with Crippen LogP contribution in [0.4, 0.5) is 26.3 Å². The molecule has 37 heavy (non-hydrogen) atoms. The molecule has 0 spiro atoms. The molecule has 1 amide bonds. The van der Waals surface area contributed by atoms with E-state index in [4.69, 9.17) is 4.74 Å². The number of carbonyl (C=O) groups excluding carboxylic acids is 1. The van der Waals surface area contributed by atoms with Gasteiger partial charge in [0.2, 0.25) is 5.91 Å². The Hall–Kier alpha value is -3.09. The molecule has 7 nitrogen and oxygen atoms in total. The van der Waals surface area contributed by atoms with Crippen LogP contribution in [0.5, 0.6) is 0 Å². The molecular formula is C24H30F6N4O3. The lowest BCUT2D eigenvalue weighted by molar-refractivity contribution is -0.138. The van der Waals surface area contributed by atoms with E-state index in [-0.39, 0.29) is 24.7 Å². The predicted octanol–water partition coefficient (Wildman–Crippen LogP) is 4.49. The van der Waals surface area contributed by atoms with E-state index < -0.39 is 35.0 Å². The fourth-order valence-corrected chi connectivity index (χ4v) is 3.58. The summed E-state index contributed by atoms with van der Waals surface area (Å²) in [5.74, 6) is -0.439. The monoisotopic (exact) mass is 536 g/mol. The second-order valence-corrected chi connectivity index (χ2v) is 8.43. The zero-order chi connectivity index (χ0) is 27.8. The lowest BCUT2D eigenvalue weighted by atomic mass is 10.0. The zero-order valence-corrected chi connectivity index (χ0v) is 20.7. The molecule has 0 aromatic carbocycles. The highest BCUT2D eigenvalue weighted by Crippen LogP contribution is 2.28. The Balaban J connectivity index is 1.89. The second-order valence-electron chi connectivity index (χ2n) is 8.43. The number of rotatable bonds is 9. The van der Waals surface area contributed by atoms with Gasteiger partial charge in [-0.15, -0.1) is 0 Å². The quantitative estimate of drug-likeness (QED) is 0.373. The predicted molar refractivity (Wildman–Crippen MR) is 126 cm³/mol. The molecule has 0 aliphatic carbocycles. The Bertz CT molecular complexity index is 1070. The van der Waals surface area contributed by atoms with Crippen molar-refractivity contribution in [3.63, 3.8) is 0 Å². The molecule has 1 aromatic heterocycles. The van der Waals surface area contributed by atoms with Gasteiger partial charge in [0.1, 0.15) is 18.0 Å². The largest absolute Gasteiger partial charge is 0.421 e. The van der Waals surface area contributed by atoms with E-state index in [1.165, 1.54) is 13.1 Å². The third kappa shape index (κ3) is 8.76. The van der Waals surface area contributed by atoms with Crippen molar-refractivity contribution in [1.82, 2.24) is 14.8 Å². The summed E-state index contributed by atoms with van der Waals surface area (Å²) < 4.78 is 83.2. The van der Waals surface area contributed by atoms with Crippen LogP contribution in [0, 0.1) is 0 Å². The van der Waals surface area contributed by atoms with Gasteiger partial charge in [0.15, 0.2) is 0 Å². The maximum Gasteiger partial charge on any atom is 0.421 e. The Morgan fingerprint density at radius 3 is 2.32 bits per heavy atom. The standard InChI is InChI=1S/C24H30F6N4O3/c1-4-6-20(31-13-18(5-2)23(25,26)27)33-7-9-34(10-8-33)21(35)15-37-14-16(3)17-11-19(24(28,29)30)22(36)32-12-17/h5-6,11-13,16H,4,7-10,14-15H2,1-3H3,(H,32,36)/b18-5+,20-6-,31-13-. The van der Waals surface area contributed by atoms with Crippen molar-refractivity contribution in [2.24, 2.45) is 4.99 Å². The number of aromatic nitrogens is 1. The van der Waals surface area contributed by atoms with Gasteiger partial charge < -0.3 is 19.5 Å². The summed E-state index contributed by atoms with van der Waals surface area (Å²) in [5, 5.41) is 0. The van der Waals surface area contributed by atoms with Crippen LogP contribution in [0.3, 0.4) is 0 Å². The molecule has 1 fully saturated rings. The van der Waals surface area contributed by atoms with Crippen LogP contribution in [-0.4, -0.2) is 72.5 Å². The van der Waals surface area contributed by atoms with Gasteiger partial charge >= 0.3 is 12.4 Å².